The minimum Gasteiger partial charge on any atom is -0.435 e. The Balaban J connectivity index is 1.54. The number of alkyl halides is 2. The Kier molecular flexibility index (Phi) is 7.66. The van der Waals surface area contributed by atoms with Crippen molar-refractivity contribution in [3.8, 4) is 17.2 Å². The van der Waals surface area contributed by atoms with E-state index in [2.05, 4.69) is 20.3 Å². The van der Waals surface area contributed by atoms with Crippen LogP contribution >= 0.6 is 35.0 Å². The van der Waals surface area contributed by atoms with Gasteiger partial charge in [0.05, 0.1) is 0 Å². The molecule has 1 amide bonds. The van der Waals surface area contributed by atoms with Crippen LogP contribution in [-0.4, -0.2) is 22.7 Å². The van der Waals surface area contributed by atoms with Gasteiger partial charge in [-0.1, -0.05) is 53.5 Å². The lowest BCUT2D eigenvalue weighted by Gasteiger charge is -2.15. The van der Waals surface area contributed by atoms with Gasteiger partial charge < -0.3 is 14.5 Å². The number of amides is 1. The maximum atomic E-state index is 13.2. The lowest BCUT2D eigenvalue weighted by atomic mass is 10.1. The Hall–Kier alpha value is -3.14. The molecule has 0 bridgehead atoms. The third-order valence-electron chi connectivity index (χ3n) is 4.42. The van der Waals surface area contributed by atoms with E-state index in [1.54, 1.807) is 30.3 Å². The quantitative estimate of drug-likeness (QED) is 0.249. The second kappa shape index (κ2) is 10.9. The molecule has 3 aromatic carbocycles. The van der Waals surface area contributed by atoms with Gasteiger partial charge in [0.25, 0.3) is 5.22 Å². The molecule has 6 nitrogen and oxygen atoms in total. The summed E-state index contributed by atoms with van der Waals surface area (Å²) in [6.07, 6.45) is 0. The molecule has 34 heavy (non-hydrogen) atoms. The standard InChI is InChI=1S/C23H15Cl2F2N3O3S/c24-15-10-16(25)12-17(11-15)28-20(31)19(13-4-2-1-3-5-13)34-23-30-29-21(33-23)14-6-8-18(9-7-14)32-22(26)27/h1-12,19,22H,(H,28,31)/t19-/m1/s1. The highest BCUT2D eigenvalue weighted by molar-refractivity contribution is 8.00. The maximum Gasteiger partial charge on any atom is 0.387 e. The van der Waals surface area contributed by atoms with Gasteiger partial charge in [0.2, 0.25) is 11.8 Å². The number of ether oxygens (including phenoxy) is 1. The fraction of sp³-hybridized carbons (Fsp3) is 0.0870. The molecule has 174 valence electrons. The molecule has 4 aromatic rings. The summed E-state index contributed by atoms with van der Waals surface area (Å²) in [5.74, 6) is -0.169. The van der Waals surface area contributed by atoms with Crippen LogP contribution in [0.4, 0.5) is 14.5 Å². The topological polar surface area (TPSA) is 77.2 Å². The third kappa shape index (κ3) is 6.25. The van der Waals surface area contributed by atoms with Crippen LogP contribution in [0.15, 0.2) is 82.4 Å². The van der Waals surface area contributed by atoms with Crippen LogP contribution in [0.2, 0.25) is 10.0 Å². The van der Waals surface area contributed by atoms with Crippen LogP contribution in [0.5, 0.6) is 5.75 Å². The molecule has 11 heteroatoms. The zero-order valence-electron chi connectivity index (χ0n) is 17.1. The second-order valence-electron chi connectivity index (χ2n) is 6.83. The summed E-state index contributed by atoms with van der Waals surface area (Å²) in [7, 11) is 0. The Morgan fingerprint density at radius 2 is 1.65 bits per heavy atom. The molecule has 4 rings (SSSR count). The first-order valence-electron chi connectivity index (χ1n) is 9.75. The van der Waals surface area contributed by atoms with E-state index in [1.165, 1.54) is 24.3 Å². The number of aromatic nitrogens is 2. The van der Waals surface area contributed by atoms with Crippen molar-refractivity contribution in [1.29, 1.82) is 0 Å². The summed E-state index contributed by atoms with van der Waals surface area (Å²) < 4.78 is 34.7. The number of hydrogen-bond acceptors (Lipinski definition) is 6. The second-order valence-corrected chi connectivity index (χ2v) is 8.76. The van der Waals surface area contributed by atoms with Gasteiger partial charge in [-0.3, -0.25) is 4.79 Å². The van der Waals surface area contributed by atoms with Crippen LogP contribution in [0.25, 0.3) is 11.5 Å². The van der Waals surface area contributed by atoms with Crippen molar-refractivity contribution >= 4 is 46.6 Å². The van der Waals surface area contributed by atoms with E-state index in [9.17, 15) is 13.6 Å². The van der Waals surface area contributed by atoms with Crippen molar-refractivity contribution < 1.29 is 22.7 Å². The summed E-state index contributed by atoms with van der Waals surface area (Å²) in [6.45, 7) is -2.92. The van der Waals surface area contributed by atoms with Crippen molar-refractivity contribution in [2.75, 3.05) is 5.32 Å². The molecule has 0 aliphatic carbocycles. The van der Waals surface area contributed by atoms with Gasteiger partial charge in [-0.25, -0.2) is 0 Å². The molecule has 0 aliphatic rings. The molecule has 0 radical (unpaired) electrons. The number of carbonyl (C=O) groups is 1. The smallest absolute Gasteiger partial charge is 0.387 e. The molecule has 0 saturated carbocycles. The fourth-order valence-electron chi connectivity index (χ4n) is 2.99. The number of thioether (sulfide) groups is 1. The summed E-state index contributed by atoms with van der Waals surface area (Å²) in [6, 6.07) is 19.6. The van der Waals surface area contributed by atoms with Crippen molar-refractivity contribution in [2.24, 2.45) is 0 Å². The highest BCUT2D eigenvalue weighted by atomic mass is 35.5. The van der Waals surface area contributed by atoms with Crippen LogP contribution < -0.4 is 10.1 Å². The van der Waals surface area contributed by atoms with Crippen molar-refractivity contribution in [3.63, 3.8) is 0 Å². The molecule has 0 spiro atoms. The van der Waals surface area contributed by atoms with Gasteiger partial charge in [0.1, 0.15) is 11.0 Å². The van der Waals surface area contributed by atoms with Gasteiger partial charge >= 0.3 is 6.61 Å². The Morgan fingerprint density at radius 3 is 2.29 bits per heavy atom. The summed E-state index contributed by atoms with van der Waals surface area (Å²) in [5.41, 5.74) is 1.67. The monoisotopic (exact) mass is 521 g/mol. The molecule has 1 atom stereocenters. The van der Waals surface area contributed by atoms with E-state index in [4.69, 9.17) is 27.6 Å². The highest BCUT2D eigenvalue weighted by Crippen LogP contribution is 2.37. The Morgan fingerprint density at radius 1 is 0.971 bits per heavy atom. The van der Waals surface area contributed by atoms with Crippen LogP contribution in [0, 0.1) is 0 Å². The molecule has 0 aliphatic heterocycles. The molecule has 0 fully saturated rings. The largest absolute Gasteiger partial charge is 0.435 e. The average molecular weight is 522 g/mol. The lowest BCUT2D eigenvalue weighted by molar-refractivity contribution is -0.115. The van der Waals surface area contributed by atoms with Gasteiger partial charge in [0, 0.05) is 21.3 Å². The summed E-state index contributed by atoms with van der Waals surface area (Å²) >= 11 is 13.1. The van der Waals surface area contributed by atoms with Gasteiger partial charge in [-0.15, -0.1) is 10.2 Å². The Bertz CT molecular complexity index is 1250. The van der Waals surface area contributed by atoms with Crippen molar-refractivity contribution in [3.05, 3.63) is 88.4 Å². The van der Waals surface area contributed by atoms with Gasteiger partial charge in [-0.05, 0) is 59.8 Å². The lowest BCUT2D eigenvalue weighted by Crippen LogP contribution is -2.19. The van der Waals surface area contributed by atoms with E-state index in [-0.39, 0.29) is 22.8 Å². The van der Waals surface area contributed by atoms with E-state index in [0.29, 0.717) is 26.9 Å². The Labute approximate surface area is 207 Å². The zero-order valence-corrected chi connectivity index (χ0v) is 19.5. The third-order valence-corrected chi connectivity index (χ3v) is 5.95. The number of hydrogen-bond donors (Lipinski definition) is 1. The van der Waals surface area contributed by atoms with Gasteiger partial charge in [-0.2, -0.15) is 8.78 Å². The fourth-order valence-corrected chi connectivity index (χ4v) is 4.39. The first-order valence-corrected chi connectivity index (χ1v) is 11.4. The number of benzene rings is 3. The molecular formula is C23H15Cl2F2N3O3S. The molecule has 0 saturated heterocycles. The number of halogens is 4. The normalized spacial score (nSPS) is 11.9. The van der Waals surface area contributed by atoms with E-state index in [1.807, 2.05) is 18.2 Å². The number of rotatable bonds is 8. The molecule has 1 N–H and O–H groups in total. The van der Waals surface area contributed by atoms with Crippen LogP contribution in [-0.2, 0) is 4.79 Å². The van der Waals surface area contributed by atoms with Gasteiger partial charge in [0.15, 0.2) is 0 Å². The van der Waals surface area contributed by atoms with Crippen molar-refractivity contribution in [2.45, 2.75) is 17.1 Å². The number of anilines is 1. The van der Waals surface area contributed by atoms with Crippen LogP contribution in [0.1, 0.15) is 10.8 Å². The van der Waals surface area contributed by atoms with Crippen molar-refractivity contribution in [1.82, 2.24) is 10.2 Å². The number of carbonyl (C=O) groups excluding carboxylic acids is 1. The van der Waals surface area contributed by atoms with E-state index < -0.39 is 11.9 Å². The predicted octanol–water partition coefficient (Wildman–Crippen LogP) is 7.12. The first-order chi connectivity index (χ1) is 16.4. The maximum absolute atomic E-state index is 13.2. The highest BCUT2D eigenvalue weighted by Gasteiger charge is 2.25. The minimum atomic E-state index is -2.92. The predicted molar refractivity (Wildman–Crippen MR) is 126 cm³/mol. The zero-order chi connectivity index (χ0) is 24.1. The average Bonchev–Trinajstić information content (AvgIpc) is 3.26. The SMILES string of the molecule is O=C(Nc1cc(Cl)cc(Cl)c1)[C@H](Sc1nnc(-c2ccc(OC(F)F)cc2)o1)c1ccccc1. The minimum absolute atomic E-state index is 0.00907. The summed E-state index contributed by atoms with van der Waals surface area (Å²) in [4.78, 5) is 13.2. The van der Waals surface area contributed by atoms with E-state index >= 15 is 0 Å². The number of nitrogens with one attached hydrogen (secondary N) is 1. The summed E-state index contributed by atoms with van der Waals surface area (Å²) in [5, 5.41) is 11.0. The van der Waals surface area contributed by atoms with E-state index in [0.717, 1.165) is 11.8 Å². The molecule has 0 unspecified atom stereocenters. The molecular weight excluding hydrogens is 507 g/mol. The molecule has 1 heterocycles. The first kappa shape index (κ1) is 24.0. The van der Waals surface area contributed by atoms with Crippen LogP contribution in [0.3, 0.4) is 0 Å². The molecule has 1 aromatic heterocycles. The number of nitrogens with zero attached hydrogens (tertiary/aromatic N) is 2.